The zero-order valence-corrected chi connectivity index (χ0v) is 18.0. The highest BCUT2D eigenvalue weighted by Crippen LogP contribution is 2.14. The standard InChI is InChI=1S/C22H19IN2O2S/c23-18-8-10-19(11-9-18)24-22(28)25-21(26)17-6-12-20(13-7-17)27-15-14-16-4-2-1-3-5-16/h1-13H,14-15H2,(H2,24,25,26,28). The summed E-state index contributed by atoms with van der Waals surface area (Å²) in [5.41, 5.74) is 2.57. The number of benzene rings is 3. The molecule has 0 aromatic heterocycles. The second-order valence-electron chi connectivity index (χ2n) is 6.02. The minimum atomic E-state index is -0.265. The number of ether oxygens (including phenoxy) is 1. The van der Waals surface area contributed by atoms with Crippen molar-refractivity contribution in [2.75, 3.05) is 11.9 Å². The molecule has 6 heteroatoms. The molecule has 0 fully saturated rings. The van der Waals surface area contributed by atoms with E-state index in [-0.39, 0.29) is 11.0 Å². The second-order valence-corrected chi connectivity index (χ2v) is 7.68. The molecular weight excluding hydrogens is 483 g/mol. The summed E-state index contributed by atoms with van der Waals surface area (Å²) in [6.07, 6.45) is 0.835. The summed E-state index contributed by atoms with van der Waals surface area (Å²) < 4.78 is 6.87. The van der Waals surface area contributed by atoms with Crippen molar-refractivity contribution in [2.45, 2.75) is 6.42 Å². The molecule has 3 aromatic carbocycles. The number of thiocarbonyl (C=S) groups is 1. The molecular formula is C22H19IN2O2S. The van der Waals surface area contributed by atoms with Crippen LogP contribution in [0.1, 0.15) is 15.9 Å². The second kappa shape index (κ2) is 10.2. The van der Waals surface area contributed by atoms with Crippen molar-refractivity contribution in [2.24, 2.45) is 0 Å². The smallest absolute Gasteiger partial charge is 0.257 e. The molecule has 0 aliphatic carbocycles. The number of hydrogen-bond donors (Lipinski definition) is 2. The topological polar surface area (TPSA) is 50.4 Å². The van der Waals surface area contributed by atoms with E-state index in [4.69, 9.17) is 17.0 Å². The van der Waals surface area contributed by atoms with Crippen molar-refractivity contribution in [1.82, 2.24) is 5.32 Å². The molecule has 0 radical (unpaired) electrons. The van der Waals surface area contributed by atoms with Gasteiger partial charge in [-0.05, 0) is 88.9 Å². The molecule has 28 heavy (non-hydrogen) atoms. The van der Waals surface area contributed by atoms with Gasteiger partial charge in [0.1, 0.15) is 5.75 Å². The van der Waals surface area contributed by atoms with Gasteiger partial charge < -0.3 is 10.1 Å². The fourth-order valence-corrected chi connectivity index (χ4v) is 3.07. The van der Waals surface area contributed by atoms with E-state index in [9.17, 15) is 4.79 Å². The van der Waals surface area contributed by atoms with Gasteiger partial charge >= 0.3 is 0 Å². The highest BCUT2D eigenvalue weighted by Gasteiger charge is 2.08. The third-order valence-corrected chi connectivity index (χ3v) is 4.87. The van der Waals surface area contributed by atoms with Gasteiger partial charge in [0.25, 0.3) is 5.91 Å². The highest BCUT2D eigenvalue weighted by molar-refractivity contribution is 14.1. The van der Waals surface area contributed by atoms with Gasteiger partial charge in [0, 0.05) is 21.2 Å². The molecule has 3 rings (SSSR count). The first kappa shape index (κ1) is 20.3. The lowest BCUT2D eigenvalue weighted by Gasteiger charge is -2.10. The van der Waals surface area contributed by atoms with Crippen LogP contribution in [0.2, 0.25) is 0 Å². The Bertz CT molecular complexity index is 929. The Morgan fingerprint density at radius 1 is 0.929 bits per heavy atom. The van der Waals surface area contributed by atoms with Crippen LogP contribution in [0.25, 0.3) is 0 Å². The van der Waals surface area contributed by atoms with E-state index < -0.39 is 0 Å². The summed E-state index contributed by atoms with van der Waals surface area (Å²) in [7, 11) is 0. The predicted octanol–water partition coefficient (Wildman–Crippen LogP) is 5.04. The number of rotatable bonds is 6. The number of halogens is 1. The maximum atomic E-state index is 12.3. The first-order valence-electron chi connectivity index (χ1n) is 8.75. The molecule has 0 heterocycles. The summed E-state index contributed by atoms with van der Waals surface area (Å²) in [5, 5.41) is 5.94. The van der Waals surface area contributed by atoms with Gasteiger partial charge in [0.15, 0.2) is 5.11 Å². The summed E-state index contributed by atoms with van der Waals surface area (Å²) in [6.45, 7) is 0.583. The Balaban J connectivity index is 1.47. The molecule has 3 aromatic rings. The summed E-state index contributed by atoms with van der Waals surface area (Å²) in [6, 6.07) is 24.9. The first-order valence-corrected chi connectivity index (χ1v) is 10.2. The zero-order chi connectivity index (χ0) is 19.8. The summed E-state index contributed by atoms with van der Waals surface area (Å²) >= 11 is 7.44. The van der Waals surface area contributed by atoms with Crippen LogP contribution in [-0.2, 0) is 6.42 Å². The van der Waals surface area contributed by atoms with E-state index in [1.807, 2.05) is 42.5 Å². The largest absolute Gasteiger partial charge is 0.493 e. The van der Waals surface area contributed by atoms with Gasteiger partial charge in [0.2, 0.25) is 0 Å². The van der Waals surface area contributed by atoms with Crippen molar-refractivity contribution >= 4 is 51.5 Å². The quantitative estimate of drug-likeness (QED) is 0.367. The average Bonchev–Trinajstić information content (AvgIpc) is 2.71. The highest BCUT2D eigenvalue weighted by atomic mass is 127. The van der Waals surface area contributed by atoms with E-state index in [1.165, 1.54) is 5.56 Å². The maximum Gasteiger partial charge on any atom is 0.257 e. The number of carbonyl (C=O) groups excluding carboxylic acids is 1. The number of carbonyl (C=O) groups is 1. The zero-order valence-electron chi connectivity index (χ0n) is 15.0. The van der Waals surface area contributed by atoms with Crippen LogP contribution in [-0.4, -0.2) is 17.6 Å². The predicted molar refractivity (Wildman–Crippen MR) is 125 cm³/mol. The molecule has 0 atom stereocenters. The van der Waals surface area contributed by atoms with Crippen LogP contribution < -0.4 is 15.4 Å². The van der Waals surface area contributed by atoms with Crippen molar-refractivity contribution < 1.29 is 9.53 Å². The molecule has 2 N–H and O–H groups in total. The fraction of sp³-hybridized carbons (Fsp3) is 0.0909. The van der Waals surface area contributed by atoms with Gasteiger partial charge in [-0.3, -0.25) is 10.1 Å². The summed E-state index contributed by atoms with van der Waals surface area (Å²) in [4.78, 5) is 12.3. The van der Waals surface area contributed by atoms with Crippen molar-refractivity contribution in [3.8, 4) is 5.75 Å². The number of hydrogen-bond acceptors (Lipinski definition) is 3. The van der Waals surface area contributed by atoms with Crippen LogP contribution >= 0.6 is 34.8 Å². The summed E-state index contributed by atoms with van der Waals surface area (Å²) in [5.74, 6) is 0.464. The molecule has 0 spiro atoms. The Hall–Kier alpha value is -2.45. The van der Waals surface area contributed by atoms with Gasteiger partial charge in [-0.25, -0.2) is 0 Å². The number of amides is 1. The van der Waals surface area contributed by atoms with Crippen LogP contribution in [0.3, 0.4) is 0 Å². The van der Waals surface area contributed by atoms with Crippen molar-refractivity contribution in [3.63, 3.8) is 0 Å². The molecule has 0 bridgehead atoms. The van der Waals surface area contributed by atoms with Crippen LogP contribution in [0.5, 0.6) is 5.75 Å². The van der Waals surface area contributed by atoms with E-state index in [0.29, 0.717) is 12.2 Å². The lowest BCUT2D eigenvalue weighted by Crippen LogP contribution is -2.34. The van der Waals surface area contributed by atoms with Gasteiger partial charge in [0.05, 0.1) is 6.61 Å². The monoisotopic (exact) mass is 502 g/mol. The number of anilines is 1. The normalized spacial score (nSPS) is 10.2. The van der Waals surface area contributed by atoms with Gasteiger partial charge in [-0.2, -0.15) is 0 Å². The molecule has 1 amide bonds. The third-order valence-electron chi connectivity index (χ3n) is 3.95. The molecule has 4 nitrogen and oxygen atoms in total. The first-order chi connectivity index (χ1) is 13.6. The minimum Gasteiger partial charge on any atom is -0.493 e. The van der Waals surface area contributed by atoms with Gasteiger partial charge in [-0.15, -0.1) is 0 Å². The lowest BCUT2D eigenvalue weighted by atomic mass is 10.2. The molecule has 0 aliphatic heterocycles. The minimum absolute atomic E-state index is 0.259. The van der Waals surface area contributed by atoms with E-state index in [1.54, 1.807) is 24.3 Å². The van der Waals surface area contributed by atoms with Crippen LogP contribution in [0.4, 0.5) is 5.69 Å². The molecule has 0 saturated heterocycles. The van der Waals surface area contributed by atoms with E-state index in [2.05, 4.69) is 45.4 Å². The molecule has 0 aliphatic rings. The van der Waals surface area contributed by atoms with Crippen LogP contribution in [0, 0.1) is 3.57 Å². The third kappa shape index (κ3) is 6.31. The fourth-order valence-electron chi connectivity index (χ4n) is 2.50. The Labute approximate surface area is 183 Å². The average molecular weight is 502 g/mol. The Morgan fingerprint density at radius 2 is 1.61 bits per heavy atom. The van der Waals surface area contributed by atoms with Crippen molar-refractivity contribution in [3.05, 3.63) is 93.6 Å². The Morgan fingerprint density at radius 3 is 2.29 bits per heavy atom. The van der Waals surface area contributed by atoms with E-state index >= 15 is 0 Å². The van der Waals surface area contributed by atoms with Crippen molar-refractivity contribution in [1.29, 1.82) is 0 Å². The lowest BCUT2D eigenvalue weighted by molar-refractivity contribution is 0.0977. The Kier molecular flexibility index (Phi) is 7.39. The van der Waals surface area contributed by atoms with Crippen LogP contribution in [0.15, 0.2) is 78.9 Å². The van der Waals surface area contributed by atoms with E-state index in [0.717, 1.165) is 21.4 Å². The maximum absolute atomic E-state index is 12.3. The SMILES string of the molecule is O=C(NC(=S)Nc1ccc(I)cc1)c1ccc(OCCc2ccccc2)cc1. The molecule has 142 valence electrons. The number of nitrogens with one attached hydrogen (secondary N) is 2. The van der Waals surface area contributed by atoms with Gasteiger partial charge in [-0.1, -0.05) is 30.3 Å². The molecule has 0 saturated carbocycles. The molecule has 0 unspecified atom stereocenters.